The van der Waals surface area contributed by atoms with E-state index in [1.165, 1.54) is 64.2 Å². The van der Waals surface area contributed by atoms with Crippen molar-refractivity contribution in [2.75, 3.05) is 19.8 Å². The molecular formula is C19H30N2O2. The van der Waals surface area contributed by atoms with E-state index in [0.717, 1.165) is 25.9 Å². The summed E-state index contributed by atoms with van der Waals surface area (Å²) in [6, 6.07) is 0. The molecule has 0 aromatic rings. The van der Waals surface area contributed by atoms with Gasteiger partial charge in [0.05, 0.1) is 6.67 Å². The lowest BCUT2D eigenvalue weighted by Gasteiger charge is -2.34. The Bertz CT molecular complexity index is 446. The highest BCUT2D eigenvalue weighted by molar-refractivity contribution is 5.82. The SMILES string of the molecule is O=C1CC2(CCCCC2)CN1CN1CC2(CCCCC2)CC1=O. The Hall–Kier alpha value is -1.06. The standard InChI is InChI=1S/C19H30N2O2/c22-16-11-18(7-3-1-4-8-18)13-20(16)15-21-14-19(12-17(21)23)9-5-2-6-10-19/h1-15H2. The first-order valence-corrected chi connectivity index (χ1v) is 9.66. The van der Waals surface area contributed by atoms with Crippen LogP contribution in [-0.4, -0.2) is 41.4 Å². The van der Waals surface area contributed by atoms with Gasteiger partial charge in [0.1, 0.15) is 0 Å². The molecule has 0 radical (unpaired) electrons. The minimum atomic E-state index is 0.237. The first kappa shape index (κ1) is 15.5. The number of hydrogen-bond acceptors (Lipinski definition) is 2. The van der Waals surface area contributed by atoms with Gasteiger partial charge in [-0.1, -0.05) is 38.5 Å². The van der Waals surface area contributed by atoms with Crippen LogP contribution < -0.4 is 0 Å². The van der Waals surface area contributed by atoms with Crippen molar-refractivity contribution in [1.82, 2.24) is 9.80 Å². The van der Waals surface area contributed by atoms with E-state index in [0.29, 0.717) is 6.67 Å². The Balaban J connectivity index is 1.40. The molecule has 4 rings (SSSR count). The average Bonchev–Trinajstić information content (AvgIpc) is 2.99. The Morgan fingerprint density at radius 1 is 0.652 bits per heavy atom. The Morgan fingerprint density at radius 2 is 1.04 bits per heavy atom. The largest absolute Gasteiger partial charge is 0.324 e. The lowest BCUT2D eigenvalue weighted by atomic mass is 9.73. The number of amides is 2. The van der Waals surface area contributed by atoms with Gasteiger partial charge >= 0.3 is 0 Å². The number of hydrogen-bond donors (Lipinski definition) is 0. The van der Waals surface area contributed by atoms with E-state index in [-0.39, 0.29) is 22.6 Å². The second kappa shape index (κ2) is 5.78. The van der Waals surface area contributed by atoms with E-state index >= 15 is 0 Å². The van der Waals surface area contributed by atoms with Crippen LogP contribution in [0.15, 0.2) is 0 Å². The number of likely N-dealkylation sites (tertiary alicyclic amines) is 2. The van der Waals surface area contributed by atoms with E-state index < -0.39 is 0 Å². The van der Waals surface area contributed by atoms with Crippen LogP contribution in [0.5, 0.6) is 0 Å². The number of nitrogens with zero attached hydrogens (tertiary/aromatic N) is 2. The molecule has 2 saturated heterocycles. The molecule has 4 aliphatic rings. The van der Waals surface area contributed by atoms with Crippen molar-refractivity contribution in [3.63, 3.8) is 0 Å². The molecule has 2 heterocycles. The molecular weight excluding hydrogens is 288 g/mol. The van der Waals surface area contributed by atoms with Gasteiger partial charge in [0.15, 0.2) is 0 Å². The van der Waals surface area contributed by atoms with E-state index in [4.69, 9.17) is 0 Å². The van der Waals surface area contributed by atoms with Crippen molar-refractivity contribution in [2.24, 2.45) is 10.8 Å². The summed E-state index contributed by atoms with van der Waals surface area (Å²) in [5.41, 5.74) is 0.473. The molecule has 0 aromatic heterocycles. The topological polar surface area (TPSA) is 40.6 Å². The summed E-state index contributed by atoms with van der Waals surface area (Å²) in [5, 5.41) is 0. The van der Waals surface area contributed by atoms with Crippen molar-refractivity contribution >= 4 is 11.8 Å². The van der Waals surface area contributed by atoms with Crippen LogP contribution in [-0.2, 0) is 9.59 Å². The van der Waals surface area contributed by atoms with Crippen LogP contribution >= 0.6 is 0 Å². The van der Waals surface area contributed by atoms with Gasteiger partial charge < -0.3 is 9.80 Å². The van der Waals surface area contributed by atoms with Crippen LogP contribution in [0.4, 0.5) is 0 Å². The second-order valence-electron chi connectivity index (χ2n) is 8.80. The van der Waals surface area contributed by atoms with Gasteiger partial charge in [0, 0.05) is 25.9 Å². The maximum Gasteiger partial charge on any atom is 0.224 e. The third-order valence-corrected chi connectivity index (χ3v) is 6.98. The molecule has 2 aliphatic carbocycles. The molecule has 0 atom stereocenters. The lowest BCUT2D eigenvalue weighted by Crippen LogP contribution is -2.41. The van der Waals surface area contributed by atoms with Crippen molar-refractivity contribution in [2.45, 2.75) is 77.0 Å². The fourth-order valence-electron chi connectivity index (χ4n) is 5.70. The fourth-order valence-corrected chi connectivity index (χ4v) is 5.70. The van der Waals surface area contributed by atoms with Gasteiger partial charge in [-0.2, -0.15) is 0 Å². The zero-order valence-electron chi connectivity index (χ0n) is 14.3. The molecule has 2 amide bonds. The first-order valence-electron chi connectivity index (χ1n) is 9.66. The number of carbonyl (C=O) groups excluding carboxylic acids is 2. The quantitative estimate of drug-likeness (QED) is 0.784. The predicted octanol–water partition coefficient (Wildman–Crippen LogP) is 3.31. The maximum absolute atomic E-state index is 12.5. The van der Waals surface area contributed by atoms with Crippen LogP contribution in [0.1, 0.15) is 77.0 Å². The summed E-state index contributed by atoms with van der Waals surface area (Å²) in [6.45, 7) is 2.34. The van der Waals surface area contributed by atoms with Gasteiger partial charge in [0.2, 0.25) is 11.8 Å². The first-order chi connectivity index (χ1) is 11.1. The summed E-state index contributed by atoms with van der Waals surface area (Å²) in [6.07, 6.45) is 14.0. The molecule has 23 heavy (non-hydrogen) atoms. The summed E-state index contributed by atoms with van der Waals surface area (Å²) < 4.78 is 0. The smallest absolute Gasteiger partial charge is 0.224 e. The molecule has 4 fully saturated rings. The van der Waals surface area contributed by atoms with Gasteiger partial charge in [-0.15, -0.1) is 0 Å². The third kappa shape index (κ3) is 2.89. The highest BCUT2D eigenvalue weighted by atomic mass is 16.2. The van der Waals surface area contributed by atoms with Gasteiger partial charge in [0.25, 0.3) is 0 Å². The van der Waals surface area contributed by atoms with Gasteiger partial charge in [-0.3, -0.25) is 9.59 Å². The summed E-state index contributed by atoms with van der Waals surface area (Å²) in [4.78, 5) is 29.0. The maximum atomic E-state index is 12.5. The number of carbonyl (C=O) groups is 2. The van der Waals surface area contributed by atoms with E-state index in [1.807, 2.05) is 9.80 Å². The zero-order valence-corrected chi connectivity index (χ0v) is 14.3. The second-order valence-corrected chi connectivity index (χ2v) is 8.80. The van der Waals surface area contributed by atoms with Crippen LogP contribution in [0, 0.1) is 10.8 Å². The Labute approximate surface area is 139 Å². The summed E-state index contributed by atoms with van der Waals surface area (Å²) in [5.74, 6) is 0.564. The molecule has 4 nitrogen and oxygen atoms in total. The van der Waals surface area contributed by atoms with E-state index in [2.05, 4.69) is 0 Å². The fraction of sp³-hybridized carbons (Fsp3) is 0.895. The van der Waals surface area contributed by atoms with E-state index in [1.54, 1.807) is 0 Å². The van der Waals surface area contributed by atoms with Crippen molar-refractivity contribution in [1.29, 1.82) is 0 Å². The summed E-state index contributed by atoms with van der Waals surface area (Å²) in [7, 11) is 0. The monoisotopic (exact) mass is 318 g/mol. The van der Waals surface area contributed by atoms with Crippen molar-refractivity contribution in [3.8, 4) is 0 Å². The normalized spacial score (nSPS) is 29.9. The zero-order chi connectivity index (χ0) is 15.9. The Morgan fingerprint density at radius 3 is 1.43 bits per heavy atom. The van der Waals surface area contributed by atoms with Crippen molar-refractivity contribution < 1.29 is 9.59 Å². The van der Waals surface area contributed by atoms with E-state index in [9.17, 15) is 9.59 Å². The summed E-state index contributed by atoms with van der Waals surface area (Å²) >= 11 is 0. The highest BCUT2D eigenvalue weighted by Gasteiger charge is 2.47. The minimum absolute atomic E-state index is 0.237. The van der Waals surface area contributed by atoms with Crippen LogP contribution in [0.25, 0.3) is 0 Å². The molecule has 4 heteroatoms. The van der Waals surface area contributed by atoms with Crippen LogP contribution in [0.3, 0.4) is 0 Å². The van der Waals surface area contributed by atoms with Crippen LogP contribution in [0.2, 0.25) is 0 Å². The predicted molar refractivity (Wildman–Crippen MR) is 88.6 cm³/mol. The van der Waals surface area contributed by atoms with Gasteiger partial charge in [-0.25, -0.2) is 0 Å². The molecule has 0 unspecified atom stereocenters. The Kier molecular flexibility index (Phi) is 3.89. The average molecular weight is 318 g/mol. The molecule has 128 valence electrons. The van der Waals surface area contributed by atoms with Gasteiger partial charge in [-0.05, 0) is 36.5 Å². The molecule has 0 aromatic carbocycles. The minimum Gasteiger partial charge on any atom is -0.324 e. The highest BCUT2D eigenvalue weighted by Crippen LogP contribution is 2.46. The molecule has 2 aliphatic heterocycles. The molecule has 2 spiro atoms. The van der Waals surface area contributed by atoms with Crippen molar-refractivity contribution in [3.05, 3.63) is 0 Å². The number of rotatable bonds is 2. The molecule has 2 saturated carbocycles. The molecule has 0 N–H and O–H groups in total. The third-order valence-electron chi connectivity index (χ3n) is 6.98. The lowest BCUT2D eigenvalue weighted by molar-refractivity contribution is -0.134. The molecule has 0 bridgehead atoms.